The van der Waals surface area contributed by atoms with Crippen LogP contribution in [0.3, 0.4) is 0 Å². The number of hydrogen-bond acceptors (Lipinski definition) is 4. The van der Waals surface area contributed by atoms with Crippen LogP contribution in [0.25, 0.3) is 0 Å². The van der Waals surface area contributed by atoms with Crippen molar-refractivity contribution in [1.82, 2.24) is 0 Å². The fraction of sp³-hybridized carbons (Fsp3) is 0. The van der Waals surface area contributed by atoms with Gasteiger partial charge in [-0.25, -0.2) is 0 Å². The standard InChI is InChI=1S/C2H2O4.Mg.V/c3-1(4)2(5)6;;/h(H,3,4)(H,5,6);;/q;+2;+5/p-2. The molecule has 34 valence electrons. The van der Waals surface area contributed by atoms with Crippen molar-refractivity contribution in [3.8, 4) is 0 Å². The molecule has 0 fully saturated rings. The van der Waals surface area contributed by atoms with Crippen LogP contribution in [-0.4, -0.2) is 35.0 Å². The second-order valence-corrected chi connectivity index (χ2v) is 0.575. The Kier molecular flexibility index (Phi) is 14.3. The molecule has 0 aromatic heterocycles. The molecule has 4 nitrogen and oxygen atoms in total. The summed E-state index contributed by atoms with van der Waals surface area (Å²) >= 11 is 0. The fourth-order valence-electron chi connectivity index (χ4n) is 0. The van der Waals surface area contributed by atoms with E-state index in [9.17, 15) is 0 Å². The topological polar surface area (TPSA) is 80.3 Å². The maximum Gasteiger partial charge on any atom is 5.00 e. The van der Waals surface area contributed by atoms with Crippen molar-refractivity contribution in [3.63, 3.8) is 0 Å². The van der Waals surface area contributed by atoms with Gasteiger partial charge in [-0.3, -0.25) is 0 Å². The third-order valence-electron chi connectivity index (χ3n) is 0.167. The molecule has 0 aliphatic heterocycles. The molecule has 0 aromatic rings. The van der Waals surface area contributed by atoms with Crippen molar-refractivity contribution in [3.05, 3.63) is 0 Å². The minimum absolute atomic E-state index is 0. The van der Waals surface area contributed by atoms with Gasteiger partial charge in [0.2, 0.25) is 0 Å². The molecule has 0 aliphatic carbocycles. The quantitative estimate of drug-likeness (QED) is 0.270. The van der Waals surface area contributed by atoms with E-state index in [4.69, 9.17) is 19.8 Å². The number of carbonyl (C=O) groups excluding carboxylic acids is 2. The van der Waals surface area contributed by atoms with Gasteiger partial charge in [0.05, 0.1) is 11.9 Å². The Bertz CT molecular complexity index is 80.0. The van der Waals surface area contributed by atoms with Crippen molar-refractivity contribution in [1.29, 1.82) is 0 Å². The maximum absolute atomic E-state index is 8.93. The van der Waals surface area contributed by atoms with Gasteiger partial charge >= 0.3 is 41.6 Å². The van der Waals surface area contributed by atoms with Crippen LogP contribution in [0.5, 0.6) is 0 Å². The van der Waals surface area contributed by atoms with Crippen molar-refractivity contribution in [2.75, 3.05) is 0 Å². The van der Waals surface area contributed by atoms with Gasteiger partial charge in [0.1, 0.15) is 0 Å². The molecule has 0 saturated heterocycles. The Morgan fingerprint density at radius 2 is 1.12 bits per heavy atom. The Morgan fingerprint density at radius 3 is 1.12 bits per heavy atom. The zero-order valence-corrected chi connectivity index (χ0v) is 6.60. The largest absolute Gasteiger partial charge is 5.00 e. The van der Waals surface area contributed by atoms with Crippen LogP contribution >= 0.6 is 0 Å². The average molecular weight is 163 g/mol. The van der Waals surface area contributed by atoms with Gasteiger partial charge in [-0.05, 0) is 0 Å². The van der Waals surface area contributed by atoms with Crippen LogP contribution in [0, 0.1) is 0 Å². The van der Waals surface area contributed by atoms with Gasteiger partial charge in [0, 0.05) is 0 Å². The van der Waals surface area contributed by atoms with E-state index in [0.29, 0.717) is 0 Å². The SMILES string of the molecule is O=C([O-])C(=O)[O-].[Mg+2].[V+5]. The summed E-state index contributed by atoms with van der Waals surface area (Å²) in [5.41, 5.74) is 0. The Balaban J connectivity index is -0.000000125. The summed E-state index contributed by atoms with van der Waals surface area (Å²) < 4.78 is 0. The van der Waals surface area contributed by atoms with Crippen LogP contribution in [0.4, 0.5) is 0 Å². The minimum atomic E-state index is -2.19. The van der Waals surface area contributed by atoms with Crippen molar-refractivity contribution < 1.29 is 38.4 Å². The first-order valence-corrected chi connectivity index (χ1v) is 1.07. The molecule has 0 bridgehead atoms. The molecule has 0 spiro atoms. The molecular formula is C2MgO4V+5. The Morgan fingerprint density at radius 1 is 1.00 bits per heavy atom. The summed E-state index contributed by atoms with van der Waals surface area (Å²) in [4.78, 5) is 17.9. The normalized spacial score (nSPS) is 5.50. The molecule has 0 radical (unpaired) electrons. The van der Waals surface area contributed by atoms with Crippen molar-refractivity contribution >= 4 is 35.0 Å². The summed E-state index contributed by atoms with van der Waals surface area (Å²) in [6.07, 6.45) is 0. The van der Waals surface area contributed by atoms with Gasteiger partial charge in [0.25, 0.3) is 0 Å². The first-order chi connectivity index (χ1) is 2.64. The van der Waals surface area contributed by atoms with E-state index in [0.717, 1.165) is 0 Å². The average Bonchev–Trinajstić information content (AvgIpc) is 1.36. The molecular weight excluding hydrogens is 163 g/mol. The van der Waals surface area contributed by atoms with Crippen LogP contribution in [0.1, 0.15) is 0 Å². The molecule has 0 saturated carbocycles. The number of aliphatic carboxylic acids is 2. The monoisotopic (exact) mass is 163 g/mol. The van der Waals surface area contributed by atoms with Crippen LogP contribution in [-0.2, 0) is 28.1 Å². The predicted molar refractivity (Wildman–Crippen MR) is 15.8 cm³/mol. The summed E-state index contributed by atoms with van der Waals surface area (Å²) in [6, 6.07) is 0. The molecule has 8 heavy (non-hydrogen) atoms. The molecule has 0 heterocycles. The Labute approximate surface area is 73.3 Å². The predicted octanol–water partition coefficient (Wildman–Crippen LogP) is -3.90. The van der Waals surface area contributed by atoms with Gasteiger partial charge in [0.15, 0.2) is 0 Å². The molecule has 0 N–H and O–H groups in total. The smallest absolute Gasteiger partial charge is 0.543 e. The summed E-state index contributed by atoms with van der Waals surface area (Å²) in [6.45, 7) is 0. The van der Waals surface area contributed by atoms with E-state index in [1.807, 2.05) is 0 Å². The van der Waals surface area contributed by atoms with E-state index >= 15 is 0 Å². The van der Waals surface area contributed by atoms with E-state index in [1.54, 1.807) is 0 Å². The van der Waals surface area contributed by atoms with Gasteiger partial charge in [-0.15, -0.1) is 0 Å². The third kappa shape index (κ3) is 9.56. The molecule has 0 atom stereocenters. The maximum atomic E-state index is 8.93. The molecule has 0 amide bonds. The van der Waals surface area contributed by atoms with E-state index in [2.05, 4.69) is 0 Å². The van der Waals surface area contributed by atoms with Gasteiger partial charge in [-0.1, -0.05) is 0 Å². The fourth-order valence-corrected chi connectivity index (χ4v) is 0. The van der Waals surface area contributed by atoms with Gasteiger partial charge < -0.3 is 19.8 Å². The van der Waals surface area contributed by atoms with Crippen LogP contribution < -0.4 is 10.2 Å². The number of rotatable bonds is 0. The first-order valence-electron chi connectivity index (χ1n) is 1.07. The molecule has 0 rings (SSSR count). The first kappa shape index (κ1) is 15.7. The van der Waals surface area contributed by atoms with E-state index in [-0.39, 0.29) is 41.6 Å². The molecule has 0 unspecified atom stereocenters. The van der Waals surface area contributed by atoms with Gasteiger partial charge in [-0.2, -0.15) is 0 Å². The molecule has 6 heteroatoms. The third-order valence-corrected chi connectivity index (χ3v) is 0.167. The van der Waals surface area contributed by atoms with Crippen LogP contribution in [0.15, 0.2) is 0 Å². The molecule has 0 aliphatic rings. The van der Waals surface area contributed by atoms with E-state index < -0.39 is 11.9 Å². The second kappa shape index (κ2) is 7.29. The van der Waals surface area contributed by atoms with E-state index in [1.165, 1.54) is 0 Å². The van der Waals surface area contributed by atoms with Crippen molar-refractivity contribution in [2.45, 2.75) is 0 Å². The number of carboxylic acids is 2. The summed E-state index contributed by atoms with van der Waals surface area (Å²) in [7, 11) is 0. The number of carbonyl (C=O) groups is 2. The zero-order valence-electron chi connectivity index (χ0n) is 3.79. The minimum Gasteiger partial charge on any atom is -0.543 e. The number of hydrogen-bond donors (Lipinski definition) is 0. The Hall–Kier alpha value is 0.291. The summed E-state index contributed by atoms with van der Waals surface area (Å²) in [5, 5.41) is 17.9. The number of carboxylic acid groups (broad SMARTS) is 2. The van der Waals surface area contributed by atoms with Crippen LogP contribution in [0.2, 0.25) is 0 Å². The van der Waals surface area contributed by atoms with Crippen molar-refractivity contribution in [2.24, 2.45) is 0 Å². The zero-order chi connectivity index (χ0) is 5.15. The summed E-state index contributed by atoms with van der Waals surface area (Å²) in [5.74, 6) is -4.37. The second-order valence-electron chi connectivity index (χ2n) is 0.575. The molecule has 0 aromatic carbocycles.